The number of nitriles is 1. The summed E-state index contributed by atoms with van der Waals surface area (Å²) >= 11 is 0. The summed E-state index contributed by atoms with van der Waals surface area (Å²) in [4.78, 5) is 4.84. The first-order valence-electron chi connectivity index (χ1n) is 8.09. The molecule has 2 saturated carbocycles. The van der Waals surface area contributed by atoms with E-state index in [0.29, 0.717) is 18.1 Å². The predicted molar refractivity (Wildman–Crippen MR) is 82.5 cm³/mol. The molecule has 0 saturated heterocycles. The minimum absolute atomic E-state index is 0.253. The second-order valence-corrected chi connectivity index (χ2v) is 6.95. The lowest BCUT2D eigenvalue weighted by atomic mass is 9.98. The molecule has 2 fully saturated rings. The minimum Gasteiger partial charge on any atom is -0.308 e. The summed E-state index contributed by atoms with van der Waals surface area (Å²) in [5.41, 5.74) is -0.253. The average Bonchev–Trinajstić information content (AvgIpc) is 3.09. The van der Waals surface area contributed by atoms with Crippen molar-refractivity contribution in [1.29, 1.82) is 5.26 Å². The van der Waals surface area contributed by atoms with Crippen molar-refractivity contribution < 1.29 is 0 Å². The van der Waals surface area contributed by atoms with Crippen LogP contribution in [0.4, 0.5) is 0 Å². The minimum atomic E-state index is -0.253. The highest BCUT2D eigenvalue weighted by molar-refractivity contribution is 5.15. The molecule has 4 heteroatoms. The molecule has 2 rings (SSSR count). The zero-order valence-electron chi connectivity index (χ0n) is 13.5. The van der Waals surface area contributed by atoms with Gasteiger partial charge in [0.15, 0.2) is 0 Å². The Bertz CT molecular complexity index is 358. The first-order chi connectivity index (χ1) is 9.49. The lowest BCUT2D eigenvalue weighted by Gasteiger charge is -2.35. The van der Waals surface area contributed by atoms with Gasteiger partial charge >= 0.3 is 0 Å². The fourth-order valence-corrected chi connectivity index (χ4v) is 3.75. The molecular formula is C16H30N4. The highest BCUT2D eigenvalue weighted by Gasteiger charge is 2.44. The molecule has 3 atom stereocenters. The highest BCUT2D eigenvalue weighted by atomic mass is 15.2. The van der Waals surface area contributed by atoms with Gasteiger partial charge in [0.05, 0.1) is 6.07 Å². The first-order valence-corrected chi connectivity index (χ1v) is 8.09. The van der Waals surface area contributed by atoms with Gasteiger partial charge in [0.25, 0.3) is 0 Å². The van der Waals surface area contributed by atoms with Crippen LogP contribution in [0.25, 0.3) is 0 Å². The summed E-state index contributed by atoms with van der Waals surface area (Å²) in [6, 6.07) is 4.31. The van der Waals surface area contributed by atoms with Crippen molar-refractivity contribution >= 4 is 0 Å². The van der Waals surface area contributed by atoms with Gasteiger partial charge in [-0.3, -0.25) is 10.2 Å². The van der Waals surface area contributed by atoms with Crippen LogP contribution in [-0.4, -0.2) is 60.6 Å². The fraction of sp³-hybridized carbons (Fsp3) is 0.938. The zero-order chi connectivity index (χ0) is 14.8. The zero-order valence-corrected chi connectivity index (χ0v) is 13.5. The number of nitrogens with one attached hydrogen (secondary N) is 1. The maximum atomic E-state index is 9.61. The molecular weight excluding hydrogens is 248 g/mol. The van der Waals surface area contributed by atoms with Gasteiger partial charge < -0.3 is 4.90 Å². The second-order valence-electron chi connectivity index (χ2n) is 6.95. The van der Waals surface area contributed by atoms with E-state index in [2.05, 4.69) is 49.1 Å². The van der Waals surface area contributed by atoms with Gasteiger partial charge in [-0.2, -0.15) is 5.26 Å². The summed E-state index contributed by atoms with van der Waals surface area (Å²) in [7, 11) is 4.26. The highest BCUT2D eigenvalue weighted by Crippen LogP contribution is 2.36. The van der Waals surface area contributed by atoms with Crippen LogP contribution in [0.15, 0.2) is 0 Å². The second kappa shape index (κ2) is 6.43. The lowest BCUT2D eigenvalue weighted by Crippen LogP contribution is -2.48. The van der Waals surface area contributed by atoms with E-state index in [1.54, 1.807) is 0 Å². The molecule has 4 nitrogen and oxygen atoms in total. The molecule has 0 amide bonds. The number of hydrogen-bond acceptors (Lipinski definition) is 4. The van der Waals surface area contributed by atoms with Crippen LogP contribution in [0.5, 0.6) is 0 Å². The standard InChI is InChI=1S/C16H30N4/c1-5-20(13(2)11-19(3)4)15-8-9-16(10-15,12-17)18-14-6-7-14/h13-15,18H,5-11H2,1-4H3. The molecule has 0 aliphatic heterocycles. The molecule has 0 aromatic rings. The van der Waals surface area contributed by atoms with E-state index in [-0.39, 0.29) is 5.54 Å². The largest absolute Gasteiger partial charge is 0.308 e. The molecule has 20 heavy (non-hydrogen) atoms. The Balaban J connectivity index is 1.96. The Kier molecular flexibility index (Phi) is 5.06. The number of hydrogen-bond donors (Lipinski definition) is 1. The average molecular weight is 278 g/mol. The number of nitrogens with zero attached hydrogens (tertiary/aromatic N) is 3. The van der Waals surface area contributed by atoms with E-state index in [1.165, 1.54) is 12.8 Å². The van der Waals surface area contributed by atoms with Crippen molar-refractivity contribution in [2.45, 2.75) is 69.6 Å². The molecule has 114 valence electrons. The molecule has 0 radical (unpaired) electrons. The summed E-state index contributed by atoms with van der Waals surface area (Å²) in [6.07, 6.45) is 5.66. The SMILES string of the molecule is CCN(C(C)CN(C)C)C1CCC(C#N)(NC2CC2)C1. The Morgan fingerprint density at radius 1 is 1.35 bits per heavy atom. The van der Waals surface area contributed by atoms with Gasteiger partial charge in [-0.1, -0.05) is 6.92 Å². The van der Waals surface area contributed by atoms with Crippen LogP contribution in [-0.2, 0) is 0 Å². The number of likely N-dealkylation sites (N-methyl/N-ethyl adjacent to an activating group) is 2. The predicted octanol–water partition coefficient (Wildman–Crippen LogP) is 1.83. The monoisotopic (exact) mass is 278 g/mol. The van der Waals surface area contributed by atoms with E-state index in [0.717, 1.165) is 32.4 Å². The van der Waals surface area contributed by atoms with E-state index in [1.807, 2.05) is 0 Å². The van der Waals surface area contributed by atoms with Crippen molar-refractivity contribution in [3.8, 4) is 6.07 Å². The quantitative estimate of drug-likeness (QED) is 0.771. The summed E-state index contributed by atoms with van der Waals surface area (Å²) in [5.74, 6) is 0. The van der Waals surface area contributed by atoms with Crippen molar-refractivity contribution in [2.24, 2.45) is 0 Å². The fourth-order valence-electron chi connectivity index (χ4n) is 3.75. The molecule has 0 bridgehead atoms. The molecule has 0 aromatic heterocycles. The molecule has 0 spiro atoms. The van der Waals surface area contributed by atoms with Crippen molar-refractivity contribution in [3.05, 3.63) is 0 Å². The van der Waals surface area contributed by atoms with E-state index < -0.39 is 0 Å². The van der Waals surface area contributed by atoms with E-state index in [4.69, 9.17) is 0 Å². The third-order valence-electron chi connectivity index (χ3n) is 4.79. The maximum absolute atomic E-state index is 9.61. The van der Waals surface area contributed by atoms with Crippen molar-refractivity contribution in [1.82, 2.24) is 15.1 Å². The van der Waals surface area contributed by atoms with E-state index >= 15 is 0 Å². The van der Waals surface area contributed by atoms with Crippen LogP contribution in [0.3, 0.4) is 0 Å². The summed E-state index contributed by atoms with van der Waals surface area (Å²) in [5, 5.41) is 13.2. The number of rotatable bonds is 7. The lowest BCUT2D eigenvalue weighted by molar-refractivity contribution is 0.126. The van der Waals surface area contributed by atoms with Crippen LogP contribution in [0, 0.1) is 11.3 Å². The van der Waals surface area contributed by atoms with Gasteiger partial charge in [0.2, 0.25) is 0 Å². The summed E-state index contributed by atoms with van der Waals surface area (Å²) in [6.45, 7) is 6.71. The molecule has 0 heterocycles. The molecule has 3 unspecified atom stereocenters. The summed E-state index contributed by atoms with van der Waals surface area (Å²) < 4.78 is 0. The first kappa shape index (κ1) is 15.8. The molecule has 2 aliphatic carbocycles. The Hall–Kier alpha value is -0.630. The Labute approximate surface area is 124 Å². The topological polar surface area (TPSA) is 42.3 Å². The van der Waals surface area contributed by atoms with E-state index in [9.17, 15) is 5.26 Å². The van der Waals surface area contributed by atoms with Crippen molar-refractivity contribution in [3.63, 3.8) is 0 Å². The smallest absolute Gasteiger partial charge is 0.108 e. The van der Waals surface area contributed by atoms with Gasteiger partial charge in [0, 0.05) is 24.7 Å². The maximum Gasteiger partial charge on any atom is 0.108 e. The van der Waals surface area contributed by atoms with Gasteiger partial charge in [-0.15, -0.1) is 0 Å². The molecule has 1 N–H and O–H groups in total. The third kappa shape index (κ3) is 3.72. The Morgan fingerprint density at radius 2 is 2.05 bits per heavy atom. The van der Waals surface area contributed by atoms with Gasteiger partial charge in [-0.05, 0) is 59.7 Å². The Morgan fingerprint density at radius 3 is 2.55 bits per heavy atom. The van der Waals surface area contributed by atoms with Crippen molar-refractivity contribution in [2.75, 3.05) is 27.2 Å². The third-order valence-corrected chi connectivity index (χ3v) is 4.79. The normalized spacial score (nSPS) is 31.8. The molecule has 0 aromatic carbocycles. The van der Waals surface area contributed by atoms with Gasteiger partial charge in [0.1, 0.15) is 5.54 Å². The van der Waals surface area contributed by atoms with Crippen LogP contribution in [0.2, 0.25) is 0 Å². The van der Waals surface area contributed by atoms with Gasteiger partial charge in [-0.25, -0.2) is 0 Å². The van der Waals surface area contributed by atoms with Crippen LogP contribution < -0.4 is 5.32 Å². The van der Waals surface area contributed by atoms with Crippen LogP contribution in [0.1, 0.15) is 46.0 Å². The molecule has 2 aliphatic rings. The van der Waals surface area contributed by atoms with Crippen LogP contribution >= 0.6 is 0 Å².